The van der Waals surface area contributed by atoms with E-state index in [1.54, 1.807) is 0 Å². The molecule has 0 saturated carbocycles. The minimum atomic E-state index is 0.134. The summed E-state index contributed by atoms with van der Waals surface area (Å²) in [5.74, 6) is 0. The Labute approximate surface area is 352 Å². The Morgan fingerprint density at radius 1 is 0.267 bits per heavy atom. The van der Waals surface area contributed by atoms with Gasteiger partial charge in [0, 0.05) is 0 Å². The Bertz CT molecular complexity index is 3770. The number of para-hydroxylation sites is 1. The molecule has 0 bridgehead atoms. The third-order valence-corrected chi connectivity index (χ3v) is 15.2. The quantitative estimate of drug-likeness (QED) is 0.127. The van der Waals surface area contributed by atoms with E-state index in [9.17, 15) is 0 Å². The van der Waals surface area contributed by atoms with Crippen molar-refractivity contribution < 1.29 is 4.42 Å². The van der Waals surface area contributed by atoms with Crippen LogP contribution in [0.4, 0.5) is 0 Å². The van der Waals surface area contributed by atoms with Gasteiger partial charge in [0.25, 0.3) is 0 Å². The summed E-state index contributed by atoms with van der Waals surface area (Å²) in [5.41, 5.74) is 12.1. The molecule has 0 unspecified atom stereocenters. The van der Waals surface area contributed by atoms with E-state index in [0.29, 0.717) is 0 Å². The first-order valence-corrected chi connectivity index (χ1v) is 22.3. The van der Waals surface area contributed by atoms with Crippen LogP contribution >= 0.6 is 0 Å². The van der Waals surface area contributed by atoms with Crippen LogP contribution in [-0.4, -0.2) is 14.5 Å². The second kappa shape index (κ2) is 13.1. The fraction of sp³-hybridized carbons (Fsp3) is 0. The molecule has 0 N–H and O–H groups in total. The van der Waals surface area contributed by atoms with Crippen molar-refractivity contribution in [2.75, 3.05) is 0 Å². The zero-order chi connectivity index (χ0) is 39.3. The van der Waals surface area contributed by atoms with Gasteiger partial charge < -0.3 is 0 Å². The fourth-order valence-electron chi connectivity index (χ4n) is 10.1. The van der Waals surface area contributed by atoms with E-state index in [1.165, 1.54) is 107 Å². The van der Waals surface area contributed by atoms with Crippen LogP contribution < -0.4 is 0 Å². The van der Waals surface area contributed by atoms with Crippen molar-refractivity contribution in [2.45, 2.75) is 0 Å². The zero-order valence-electron chi connectivity index (χ0n) is 32.4. The van der Waals surface area contributed by atoms with Crippen LogP contribution in [0.5, 0.6) is 0 Å². The molecule has 0 saturated heterocycles. The third-order valence-electron chi connectivity index (χ3n) is 12.6. The van der Waals surface area contributed by atoms with Crippen LogP contribution in [0.2, 0.25) is 0 Å². The summed E-state index contributed by atoms with van der Waals surface area (Å²) in [5, 5.41) is 15.2. The molecule has 0 aliphatic rings. The van der Waals surface area contributed by atoms with Gasteiger partial charge in [0.15, 0.2) is 0 Å². The normalized spacial score (nSPS) is 12.0. The average Bonchev–Trinajstić information content (AvgIpc) is 3.88. The van der Waals surface area contributed by atoms with Crippen LogP contribution in [0.1, 0.15) is 0 Å². The predicted molar refractivity (Wildman–Crippen MR) is 257 cm³/mol. The summed E-state index contributed by atoms with van der Waals surface area (Å²) in [7, 11) is 0. The molecule has 13 aromatic rings. The third kappa shape index (κ3) is 4.93. The van der Waals surface area contributed by atoms with Crippen molar-refractivity contribution in [3.05, 3.63) is 206 Å². The van der Waals surface area contributed by atoms with E-state index in [0.717, 1.165) is 21.9 Å². The van der Waals surface area contributed by atoms with Crippen LogP contribution in [0, 0.1) is 0 Å². The van der Waals surface area contributed by atoms with Gasteiger partial charge in [-0.3, -0.25) is 0 Å². The van der Waals surface area contributed by atoms with Gasteiger partial charge in [-0.05, 0) is 0 Å². The molecule has 0 fully saturated rings. The second-order valence-corrected chi connectivity index (χ2v) is 18.1. The van der Waals surface area contributed by atoms with E-state index < -0.39 is 0 Å². The van der Waals surface area contributed by atoms with E-state index in [4.69, 9.17) is 4.42 Å². The predicted octanol–water partition coefficient (Wildman–Crippen LogP) is 16.2. The molecule has 2 heterocycles. The molecule has 0 aliphatic heterocycles. The van der Waals surface area contributed by atoms with Crippen molar-refractivity contribution in [1.82, 2.24) is 0 Å². The standard InChI is InChI=1S/C58H34OSe/c1-2-15-35(16-3-1)54-39-18-4-6-20-41(39)56(42-21-7-5-19-40(42)54)37-30-32-53-50(34-37)47-26-14-27-48(58(47)60-53)57-45-24-10-8-22-43(45)55(44-23-9-11-25-46(44)57)36-29-31-52-49(33-36)38-17-12-13-28-51(38)59-52/h1-34H. The van der Waals surface area contributed by atoms with Crippen molar-refractivity contribution >= 4 is 98.8 Å². The number of hydrogen-bond donors (Lipinski definition) is 0. The molecule has 1 nitrogen and oxygen atoms in total. The van der Waals surface area contributed by atoms with Crippen molar-refractivity contribution in [3.63, 3.8) is 0 Å². The number of rotatable bonds is 4. The summed E-state index contributed by atoms with van der Waals surface area (Å²) in [6.45, 7) is 0. The molecule has 2 heteroatoms. The molecule has 2 aromatic heterocycles. The average molecular weight is 826 g/mol. The van der Waals surface area contributed by atoms with Gasteiger partial charge in [0.1, 0.15) is 0 Å². The van der Waals surface area contributed by atoms with Gasteiger partial charge in [0.05, 0.1) is 0 Å². The monoisotopic (exact) mass is 826 g/mol. The second-order valence-electron chi connectivity index (χ2n) is 15.9. The molecule has 0 aliphatic carbocycles. The fourth-order valence-corrected chi connectivity index (χ4v) is 12.6. The van der Waals surface area contributed by atoms with Crippen LogP contribution in [0.25, 0.3) is 129 Å². The first-order valence-electron chi connectivity index (χ1n) is 20.6. The maximum atomic E-state index is 6.26. The van der Waals surface area contributed by atoms with Gasteiger partial charge in [-0.2, -0.15) is 0 Å². The van der Waals surface area contributed by atoms with Crippen LogP contribution in [-0.2, 0) is 0 Å². The SMILES string of the molecule is c1ccc(-c2c3ccccc3c(-c3ccc4[se]c5c(-c6c7ccccc7c(-c7ccc8oc9ccccc9c8c7)c7ccccc67)cccc5c4c3)c3ccccc23)cc1. The minimum absolute atomic E-state index is 0.134. The summed E-state index contributed by atoms with van der Waals surface area (Å²) in [6, 6.07) is 76.2. The molecular weight excluding hydrogens is 792 g/mol. The van der Waals surface area contributed by atoms with Crippen LogP contribution in [0.15, 0.2) is 211 Å². The summed E-state index contributed by atoms with van der Waals surface area (Å²) in [4.78, 5) is 0. The van der Waals surface area contributed by atoms with E-state index in [2.05, 4.69) is 200 Å². The Kier molecular flexibility index (Phi) is 7.39. The number of hydrogen-bond acceptors (Lipinski definition) is 1. The molecule has 0 radical (unpaired) electrons. The molecule has 11 aromatic carbocycles. The van der Waals surface area contributed by atoms with E-state index >= 15 is 0 Å². The first-order chi connectivity index (χ1) is 29.8. The maximum absolute atomic E-state index is 6.26. The number of furan rings is 1. The van der Waals surface area contributed by atoms with Crippen molar-refractivity contribution in [3.8, 4) is 44.5 Å². The van der Waals surface area contributed by atoms with Gasteiger partial charge >= 0.3 is 348 Å². The molecule has 13 rings (SSSR count). The van der Waals surface area contributed by atoms with E-state index in [-0.39, 0.29) is 14.5 Å². The van der Waals surface area contributed by atoms with Crippen LogP contribution in [0.3, 0.4) is 0 Å². The van der Waals surface area contributed by atoms with E-state index in [1.807, 2.05) is 6.07 Å². The summed E-state index contributed by atoms with van der Waals surface area (Å²) >= 11 is 0.134. The molecule has 60 heavy (non-hydrogen) atoms. The Hall–Kier alpha value is -7.22. The Balaban J connectivity index is 1.05. The molecular formula is C58H34OSe. The zero-order valence-corrected chi connectivity index (χ0v) is 34.2. The Morgan fingerprint density at radius 3 is 1.28 bits per heavy atom. The van der Waals surface area contributed by atoms with Gasteiger partial charge in [-0.15, -0.1) is 0 Å². The topological polar surface area (TPSA) is 13.1 Å². The summed E-state index contributed by atoms with van der Waals surface area (Å²) < 4.78 is 9.16. The first kappa shape index (κ1) is 33.7. The molecule has 278 valence electrons. The summed E-state index contributed by atoms with van der Waals surface area (Å²) in [6.07, 6.45) is 0. The van der Waals surface area contributed by atoms with Gasteiger partial charge in [-0.25, -0.2) is 0 Å². The van der Waals surface area contributed by atoms with Crippen molar-refractivity contribution in [1.29, 1.82) is 0 Å². The molecule has 0 spiro atoms. The molecule has 0 amide bonds. The van der Waals surface area contributed by atoms with Gasteiger partial charge in [0.2, 0.25) is 0 Å². The van der Waals surface area contributed by atoms with Gasteiger partial charge in [-0.1, -0.05) is 6.07 Å². The molecule has 0 atom stereocenters. The Morgan fingerprint density at radius 2 is 0.700 bits per heavy atom. The van der Waals surface area contributed by atoms with Crippen molar-refractivity contribution in [2.24, 2.45) is 0 Å². The number of benzene rings is 11. The number of fused-ring (bicyclic) bond motifs is 10.